The van der Waals surface area contributed by atoms with Gasteiger partial charge in [-0.25, -0.2) is 4.98 Å². The van der Waals surface area contributed by atoms with Gasteiger partial charge in [0.2, 0.25) is 0 Å². The van der Waals surface area contributed by atoms with Crippen LogP contribution in [-0.4, -0.2) is 9.97 Å². The van der Waals surface area contributed by atoms with E-state index in [2.05, 4.69) is 59.6 Å². The van der Waals surface area contributed by atoms with Crippen molar-refractivity contribution < 1.29 is 0 Å². The van der Waals surface area contributed by atoms with Gasteiger partial charge >= 0.3 is 0 Å². The van der Waals surface area contributed by atoms with Crippen molar-refractivity contribution in [1.82, 2.24) is 9.97 Å². The lowest BCUT2D eigenvalue weighted by atomic mass is 10.0. The summed E-state index contributed by atoms with van der Waals surface area (Å²) in [4.78, 5) is 9.29. The van der Waals surface area contributed by atoms with E-state index in [1.807, 2.05) is 12.3 Å². The van der Waals surface area contributed by atoms with Crippen LogP contribution in [0.5, 0.6) is 0 Å². The molecule has 0 unspecified atom stereocenters. The summed E-state index contributed by atoms with van der Waals surface area (Å²) in [6, 6.07) is 21.1. The van der Waals surface area contributed by atoms with E-state index < -0.39 is 0 Å². The van der Waals surface area contributed by atoms with Crippen LogP contribution in [0.15, 0.2) is 66.9 Å². The number of aromatic nitrogens is 2. The van der Waals surface area contributed by atoms with Crippen molar-refractivity contribution in [2.45, 2.75) is 0 Å². The number of pyridine rings is 2. The molecule has 0 atom stereocenters. The standard InChI is InChI=1S/C22H11ClN2S/c23-22-21-18(15-9-7-13-5-3-11-24-19(13)20(15)25-22)17-14-6-2-1-4-12(14)8-10-16(17)26-21/h1-11H. The molecular weight excluding hydrogens is 360 g/mol. The SMILES string of the molecule is Clc1nc2c(ccc3cccnc32)c2c1sc1ccc3ccccc3c12. The Morgan fingerprint density at radius 3 is 2.54 bits per heavy atom. The molecule has 0 bridgehead atoms. The highest BCUT2D eigenvalue weighted by molar-refractivity contribution is 7.26. The smallest absolute Gasteiger partial charge is 0.147 e. The fourth-order valence-corrected chi connectivity index (χ4v) is 5.27. The number of rotatable bonds is 0. The topological polar surface area (TPSA) is 25.8 Å². The van der Waals surface area contributed by atoms with Crippen molar-refractivity contribution in [3.63, 3.8) is 0 Å². The molecule has 0 aliphatic rings. The second-order valence-electron chi connectivity index (χ2n) is 6.41. The molecule has 26 heavy (non-hydrogen) atoms. The Hall–Kier alpha value is -2.75. The fraction of sp³-hybridized carbons (Fsp3) is 0. The average Bonchev–Trinajstić information content (AvgIpc) is 3.09. The highest BCUT2D eigenvalue weighted by Gasteiger charge is 2.17. The molecule has 0 amide bonds. The Bertz CT molecular complexity index is 1500. The van der Waals surface area contributed by atoms with Gasteiger partial charge in [0.05, 0.1) is 15.7 Å². The monoisotopic (exact) mass is 370 g/mol. The Labute approximate surface area is 157 Å². The molecule has 0 N–H and O–H groups in total. The van der Waals surface area contributed by atoms with Crippen LogP contribution in [0.3, 0.4) is 0 Å². The maximum Gasteiger partial charge on any atom is 0.147 e. The van der Waals surface area contributed by atoms with Gasteiger partial charge in [-0.15, -0.1) is 11.3 Å². The van der Waals surface area contributed by atoms with Crippen molar-refractivity contribution in [3.05, 3.63) is 72.0 Å². The van der Waals surface area contributed by atoms with Crippen molar-refractivity contribution in [2.75, 3.05) is 0 Å². The van der Waals surface area contributed by atoms with Crippen molar-refractivity contribution in [2.24, 2.45) is 0 Å². The molecule has 0 aliphatic heterocycles. The summed E-state index contributed by atoms with van der Waals surface area (Å²) in [5, 5.41) is 7.67. The molecule has 122 valence electrons. The predicted octanol–water partition coefficient (Wildman–Crippen LogP) is 6.96. The molecule has 3 heterocycles. The number of halogens is 1. The van der Waals surface area contributed by atoms with Crippen LogP contribution >= 0.6 is 22.9 Å². The Balaban J connectivity index is 1.97. The first-order valence-electron chi connectivity index (χ1n) is 8.38. The van der Waals surface area contributed by atoms with Gasteiger partial charge in [-0.2, -0.15) is 0 Å². The van der Waals surface area contributed by atoms with Gasteiger partial charge in [-0.1, -0.05) is 60.1 Å². The maximum absolute atomic E-state index is 6.63. The Morgan fingerprint density at radius 2 is 1.58 bits per heavy atom. The van der Waals surface area contributed by atoms with Crippen LogP contribution in [0.2, 0.25) is 5.15 Å². The van der Waals surface area contributed by atoms with Crippen LogP contribution < -0.4 is 0 Å². The van der Waals surface area contributed by atoms with Crippen molar-refractivity contribution >= 4 is 75.7 Å². The first-order chi connectivity index (χ1) is 12.8. The molecule has 2 nitrogen and oxygen atoms in total. The highest BCUT2D eigenvalue weighted by Crippen LogP contribution is 2.44. The first-order valence-corrected chi connectivity index (χ1v) is 9.57. The lowest BCUT2D eigenvalue weighted by Crippen LogP contribution is -1.87. The molecule has 4 heteroatoms. The van der Waals surface area contributed by atoms with E-state index in [0.717, 1.165) is 26.5 Å². The number of nitrogens with zero attached hydrogens (tertiary/aromatic N) is 2. The summed E-state index contributed by atoms with van der Waals surface area (Å²) < 4.78 is 2.27. The predicted molar refractivity (Wildman–Crippen MR) is 112 cm³/mol. The Morgan fingerprint density at radius 1 is 0.731 bits per heavy atom. The molecule has 0 fully saturated rings. The number of hydrogen-bond donors (Lipinski definition) is 0. The quantitative estimate of drug-likeness (QED) is 0.213. The number of fused-ring (bicyclic) bond motifs is 9. The fourth-order valence-electron chi connectivity index (χ4n) is 3.86. The van der Waals surface area contributed by atoms with Gasteiger partial charge in [-0.05, 0) is 22.9 Å². The van der Waals surface area contributed by atoms with E-state index in [0.29, 0.717) is 5.15 Å². The van der Waals surface area contributed by atoms with Gasteiger partial charge in [0.1, 0.15) is 5.15 Å². The number of hydrogen-bond acceptors (Lipinski definition) is 3. The van der Waals surface area contributed by atoms with Crippen molar-refractivity contribution in [1.29, 1.82) is 0 Å². The average molecular weight is 371 g/mol. The third-order valence-corrected chi connectivity index (χ3v) is 6.54. The van der Waals surface area contributed by atoms with E-state index in [1.54, 1.807) is 11.3 Å². The second-order valence-corrected chi connectivity index (χ2v) is 7.82. The zero-order valence-electron chi connectivity index (χ0n) is 13.5. The lowest BCUT2D eigenvalue weighted by molar-refractivity contribution is 1.39. The van der Waals surface area contributed by atoms with E-state index in [-0.39, 0.29) is 0 Å². The third-order valence-electron chi connectivity index (χ3n) is 4.99. The van der Waals surface area contributed by atoms with Gasteiger partial charge < -0.3 is 0 Å². The van der Waals surface area contributed by atoms with E-state index in [4.69, 9.17) is 16.6 Å². The van der Waals surface area contributed by atoms with Gasteiger partial charge in [0, 0.05) is 32.4 Å². The van der Waals surface area contributed by atoms with Crippen LogP contribution in [-0.2, 0) is 0 Å². The number of thiophene rings is 1. The van der Waals surface area contributed by atoms with Crippen LogP contribution in [0.4, 0.5) is 0 Å². The molecule has 0 radical (unpaired) electrons. The lowest BCUT2D eigenvalue weighted by Gasteiger charge is -2.06. The molecular formula is C22H11ClN2S. The summed E-state index contributed by atoms with van der Waals surface area (Å²) in [6.45, 7) is 0. The molecule has 3 aromatic carbocycles. The summed E-state index contributed by atoms with van der Waals surface area (Å²) in [6.07, 6.45) is 1.81. The molecule has 6 aromatic rings. The van der Waals surface area contributed by atoms with E-state index >= 15 is 0 Å². The Kier molecular flexibility index (Phi) is 2.85. The summed E-state index contributed by atoms with van der Waals surface area (Å²) in [5.41, 5.74) is 1.77. The summed E-state index contributed by atoms with van der Waals surface area (Å²) in [5.74, 6) is 0. The molecule has 0 spiro atoms. The molecule has 0 saturated carbocycles. The second kappa shape index (κ2) is 5.13. The zero-order chi connectivity index (χ0) is 17.3. The van der Waals surface area contributed by atoms with Crippen LogP contribution in [0.25, 0.3) is 52.8 Å². The first kappa shape index (κ1) is 14.4. The van der Waals surface area contributed by atoms with Crippen molar-refractivity contribution in [3.8, 4) is 0 Å². The zero-order valence-corrected chi connectivity index (χ0v) is 15.1. The van der Waals surface area contributed by atoms with Gasteiger partial charge in [-0.3, -0.25) is 4.98 Å². The molecule has 0 aliphatic carbocycles. The van der Waals surface area contributed by atoms with Gasteiger partial charge in [0.25, 0.3) is 0 Å². The minimum absolute atomic E-state index is 0.552. The minimum atomic E-state index is 0.552. The highest BCUT2D eigenvalue weighted by atomic mass is 35.5. The van der Waals surface area contributed by atoms with Crippen LogP contribution in [0.1, 0.15) is 0 Å². The molecule has 6 rings (SSSR count). The van der Waals surface area contributed by atoms with Crippen LogP contribution in [0, 0.1) is 0 Å². The summed E-state index contributed by atoms with van der Waals surface area (Å²) >= 11 is 8.34. The summed E-state index contributed by atoms with van der Waals surface area (Å²) in [7, 11) is 0. The van der Waals surface area contributed by atoms with E-state index in [1.165, 1.54) is 26.2 Å². The normalized spacial score (nSPS) is 12.0. The largest absolute Gasteiger partial charge is 0.254 e. The molecule has 3 aromatic heterocycles. The van der Waals surface area contributed by atoms with Gasteiger partial charge in [0.15, 0.2) is 0 Å². The maximum atomic E-state index is 6.63. The molecule has 0 saturated heterocycles. The third kappa shape index (κ3) is 1.82. The minimum Gasteiger partial charge on any atom is -0.254 e. The van der Waals surface area contributed by atoms with E-state index in [9.17, 15) is 0 Å². The number of benzene rings is 3.